The molecule has 2 bridgehead atoms. The number of fused-ring (bicyclic) bond motifs is 5. The Kier molecular flexibility index (Phi) is 5.21. The Hall–Kier alpha value is -2.81. The first-order valence-corrected chi connectivity index (χ1v) is 11.0. The molecule has 2 heterocycles. The summed E-state index contributed by atoms with van der Waals surface area (Å²) in [6, 6.07) is 16.2. The number of piperidine rings is 1. The summed E-state index contributed by atoms with van der Waals surface area (Å²) >= 11 is 0. The summed E-state index contributed by atoms with van der Waals surface area (Å²) in [6.07, 6.45) is 7.09. The van der Waals surface area contributed by atoms with Crippen LogP contribution >= 0.6 is 0 Å². The second-order valence-corrected chi connectivity index (χ2v) is 8.89. The molecule has 0 aromatic heterocycles. The Morgan fingerprint density at radius 3 is 2.26 bits per heavy atom. The molecule has 1 amide bonds. The highest BCUT2D eigenvalue weighted by atomic mass is 16.6. The summed E-state index contributed by atoms with van der Waals surface area (Å²) in [5.74, 6) is 2.64. The summed E-state index contributed by atoms with van der Waals surface area (Å²) in [5.41, 5.74) is 3.97. The number of benzene rings is 2. The van der Waals surface area contributed by atoms with E-state index in [2.05, 4.69) is 30.2 Å². The van der Waals surface area contributed by atoms with Crippen LogP contribution in [-0.4, -0.2) is 53.6 Å². The van der Waals surface area contributed by atoms with Crippen molar-refractivity contribution >= 4 is 6.09 Å². The fourth-order valence-corrected chi connectivity index (χ4v) is 5.55. The van der Waals surface area contributed by atoms with E-state index in [-0.39, 0.29) is 24.1 Å². The van der Waals surface area contributed by atoms with Gasteiger partial charge in [-0.3, -0.25) is 4.90 Å². The highest BCUT2D eigenvalue weighted by molar-refractivity contribution is 5.79. The number of carbonyl (C=O) groups is 1. The Bertz CT molecular complexity index is 967. The van der Waals surface area contributed by atoms with E-state index in [0.717, 1.165) is 0 Å². The average Bonchev–Trinajstić information content (AvgIpc) is 3.09. The van der Waals surface area contributed by atoms with Crippen LogP contribution in [0, 0.1) is 12.3 Å². The van der Waals surface area contributed by atoms with E-state index in [4.69, 9.17) is 15.9 Å². The van der Waals surface area contributed by atoms with Crippen LogP contribution in [0.4, 0.5) is 4.79 Å². The molecule has 31 heavy (non-hydrogen) atoms. The number of nitrogens with zero attached hydrogens (tertiary/aromatic N) is 1. The fraction of sp³-hybridized carbons (Fsp3) is 0.423. The van der Waals surface area contributed by atoms with Gasteiger partial charge >= 0.3 is 6.09 Å². The summed E-state index contributed by atoms with van der Waals surface area (Å²) in [4.78, 5) is 14.9. The van der Waals surface area contributed by atoms with E-state index < -0.39 is 5.60 Å². The van der Waals surface area contributed by atoms with Crippen LogP contribution in [0.5, 0.6) is 0 Å². The third-order valence-electron chi connectivity index (χ3n) is 6.92. The maximum Gasteiger partial charge on any atom is 0.410 e. The zero-order chi connectivity index (χ0) is 21.4. The van der Waals surface area contributed by atoms with Crippen molar-refractivity contribution in [2.75, 3.05) is 19.8 Å². The molecular formula is C26H27NO4. The van der Waals surface area contributed by atoms with Gasteiger partial charge in [-0.1, -0.05) is 48.5 Å². The van der Waals surface area contributed by atoms with Crippen molar-refractivity contribution in [2.45, 2.75) is 49.3 Å². The van der Waals surface area contributed by atoms with Crippen molar-refractivity contribution in [3.8, 4) is 23.5 Å². The van der Waals surface area contributed by atoms with Gasteiger partial charge in [-0.05, 0) is 41.5 Å². The van der Waals surface area contributed by atoms with Crippen LogP contribution in [-0.2, 0) is 9.47 Å². The predicted octanol–water partition coefficient (Wildman–Crippen LogP) is 3.94. The molecule has 5 heteroatoms. The molecule has 5 rings (SSSR count). The number of hydrogen-bond acceptors (Lipinski definition) is 4. The molecule has 0 radical (unpaired) electrons. The standard InChI is InChI=1S/C26H27NO4/c1-2-3-12-26(29)13-18-15-30-16-19(14-26)27(18)25(28)31-17-24-22-10-6-4-8-20(22)21-9-5-7-11-23(21)24/h1,4-11,18-19,24,29H,3,12-17H2. The van der Waals surface area contributed by atoms with Crippen molar-refractivity contribution in [1.29, 1.82) is 0 Å². The zero-order valence-electron chi connectivity index (χ0n) is 17.5. The number of aliphatic hydroxyl groups is 1. The molecular weight excluding hydrogens is 390 g/mol. The van der Waals surface area contributed by atoms with Crippen LogP contribution < -0.4 is 0 Å². The lowest BCUT2D eigenvalue weighted by atomic mass is 9.79. The Labute approximate surface area is 183 Å². The molecule has 2 atom stereocenters. The third-order valence-corrected chi connectivity index (χ3v) is 6.92. The van der Waals surface area contributed by atoms with Crippen molar-refractivity contribution in [3.05, 3.63) is 59.7 Å². The first-order valence-electron chi connectivity index (χ1n) is 11.0. The normalized spacial score (nSPS) is 26.6. The van der Waals surface area contributed by atoms with Gasteiger partial charge in [0, 0.05) is 12.3 Å². The van der Waals surface area contributed by atoms with Crippen LogP contribution in [0.1, 0.15) is 42.7 Å². The Balaban J connectivity index is 1.31. The average molecular weight is 418 g/mol. The van der Waals surface area contributed by atoms with Gasteiger partial charge in [-0.15, -0.1) is 12.3 Å². The van der Waals surface area contributed by atoms with E-state index in [0.29, 0.717) is 45.5 Å². The molecule has 2 aromatic rings. The molecule has 160 valence electrons. The van der Waals surface area contributed by atoms with Crippen LogP contribution in [0.3, 0.4) is 0 Å². The first kappa shape index (κ1) is 20.1. The maximum absolute atomic E-state index is 13.2. The van der Waals surface area contributed by atoms with Crippen molar-refractivity contribution in [2.24, 2.45) is 0 Å². The topological polar surface area (TPSA) is 59.0 Å². The van der Waals surface area contributed by atoms with Crippen LogP contribution in [0.25, 0.3) is 11.1 Å². The highest BCUT2D eigenvalue weighted by Gasteiger charge is 2.48. The summed E-state index contributed by atoms with van der Waals surface area (Å²) < 4.78 is 11.6. The molecule has 2 unspecified atom stereocenters. The third kappa shape index (κ3) is 3.60. The van der Waals surface area contributed by atoms with Gasteiger partial charge in [-0.25, -0.2) is 4.79 Å². The minimum Gasteiger partial charge on any atom is -0.448 e. The number of hydrogen-bond donors (Lipinski definition) is 1. The molecule has 2 aliphatic heterocycles. The number of morpholine rings is 1. The minimum atomic E-state index is -0.842. The van der Waals surface area contributed by atoms with E-state index in [1.807, 2.05) is 24.3 Å². The summed E-state index contributed by atoms with van der Waals surface area (Å²) in [5, 5.41) is 11.0. The van der Waals surface area contributed by atoms with Gasteiger partial charge in [0.2, 0.25) is 0 Å². The lowest BCUT2D eigenvalue weighted by Gasteiger charge is -2.50. The zero-order valence-corrected chi connectivity index (χ0v) is 17.5. The SMILES string of the molecule is C#CCCC1(O)CC2COCC(C1)N2C(=O)OCC1c2ccccc2-c2ccccc21. The number of rotatable bonds is 4. The van der Waals surface area contributed by atoms with Crippen LogP contribution in [0.15, 0.2) is 48.5 Å². The number of carbonyl (C=O) groups excluding carboxylic acids is 1. The molecule has 2 saturated heterocycles. The lowest BCUT2D eigenvalue weighted by molar-refractivity contribution is -0.134. The van der Waals surface area contributed by atoms with Crippen molar-refractivity contribution < 1.29 is 19.4 Å². The van der Waals surface area contributed by atoms with Gasteiger partial charge in [-0.2, -0.15) is 0 Å². The summed E-state index contributed by atoms with van der Waals surface area (Å²) in [7, 11) is 0. The second-order valence-electron chi connectivity index (χ2n) is 8.89. The van der Waals surface area contributed by atoms with Gasteiger partial charge in [0.15, 0.2) is 0 Å². The van der Waals surface area contributed by atoms with Gasteiger partial charge in [0.05, 0.1) is 30.9 Å². The Morgan fingerprint density at radius 1 is 1.10 bits per heavy atom. The van der Waals surface area contributed by atoms with Gasteiger partial charge < -0.3 is 14.6 Å². The van der Waals surface area contributed by atoms with Gasteiger partial charge in [0.25, 0.3) is 0 Å². The molecule has 2 fully saturated rings. The highest BCUT2D eigenvalue weighted by Crippen LogP contribution is 2.45. The van der Waals surface area contributed by atoms with E-state index >= 15 is 0 Å². The predicted molar refractivity (Wildman–Crippen MR) is 118 cm³/mol. The number of terminal acetylenes is 1. The van der Waals surface area contributed by atoms with Crippen molar-refractivity contribution in [1.82, 2.24) is 4.90 Å². The molecule has 0 saturated carbocycles. The van der Waals surface area contributed by atoms with Crippen molar-refractivity contribution in [3.63, 3.8) is 0 Å². The Morgan fingerprint density at radius 2 is 1.68 bits per heavy atom. The molecule has 0 spiro atoms. The summed E-state index contributed by atoms with van der Waals surface area (Å²) in [6.45, 7) is 1.13. The van der Waals surface area contributed by atoms with Crippen LogP contribution in [0.2, 0.25) is 0 Å². The van der Waals surface area contributed by atoms with E-state index in [1.165, 1.54) is 22.3 Å². The van der Waals surface area contributed by atoms with E-state index in [1.54, 1.807) is 4.90 Å². The van der Waals surface area contributed by atoms with E-state index in [9.17, 15) is 9.90 Å². The maximum atomic E-state index is 13.2. The smallest absolute Gasteiger partial charge is 0.410 e. The monoisotopic (exact) mass is 417 g/mol. The molecule has 1 N–H and O–H groups in total. The second kappa shape index (κ2) is 8.03. The number of ether oxygens (including phenoxy) is 2. The minimum absolute atomic E-state index is 0.0322. The molecule has 5 nitrogen and oxygen atoms in total. The molecule has 2 aromatic carbocycles. The largest absolute Gasteiger partial charge is 0.448 e. The molecule has 1 aliphatic carbocycles. The first-order chi connectivity index (χ1) is 15.1. The lowest BCUT2D eigenvalue weighted by Crippen LogP contribution is -2.63. The number of amides is 1. The van der Waals surface area contributed by atoms with Gasteiger partial charge in [0.1, 0.15) is 6.61 Å². The quantitative estimate of drug-likeness (QED) is 0.766. The fourth-order valence-electron chi connectivity index (χ4n) is 5.55. The molecule has 3 aliphatic rings.